The largest absolute Gasteiger partial charge is 0.322 e. The van der Waals surface area contributed by atoms with Crippen molar-refractivity contribution in [1.29, 1.82) is 0 Å². The minimum atomic E-state index is -0.0708. The van der Waals surface area contributed by atoms with Crippen molar-refractivity contribution >= 4 is 33.2 Å². The van der Waals surface area contributed by atoms with Crippen LogP contribution in [0.25, 0.3) is 10.2 Å². The Kier molecular flexibility index (Phi) is 3.51. The molecule has 96 valence electrons. The van der Waals surface area contributed by atoms with Crippen molar-refractivity contribution in [2.24, 2.45) is 5.73 Å². The Hall–Kier alpha value is -1.42. The van der Waals surface area contributed by atoms with E-state index >= 15 is 0 Å². The van der Waals surface area contributed by atoms with Gasteiger partial charge in [-0.25, -0.2) is 4.98 Å². The average Bonchev–Trinajstić information content (AvgIpc) is 2.83. The fourth-order valence-corrected chi connectivity index (χ4v) is 3.15. The first-order valence-electron chi connectivity index (χ1n) is 6.08. The van der Waals surface area contributed by atoms with Gasteiger partial charge in [0.15, 0.2) is 0 Å². The first-order chi connectivity index (χ1) is 9.22. The number of hydrogen-bond donors (Lipinski definition) is 1. The topological polar surface area (TPSA) is 38.9 Å². The van der Waals surface area contributed by atoms with E-state index in [4.69, 9.17) is 17.3 Å². The SMILES string of the molecule is NC(Cc1ccccc1)c1nc2cc(Cl)ccc2s1. The lowest BCUT2D eigenvalue weighted by atomic mass is 10.1. The molecule has 1 atom stereocenters. The summed E-state index contributed by atoms with van der Waals surface area (Å²) in [7, 11) is 0. The minimum Gasteiger partial charge on any atom is -0.322 e. The maximum absolute atomic E-state index is 6.24. The lowest BCUT2D eigenvalue weighted by molar-refractivity contribution is 0.717. The second-order valence-corrected chi connectivity index (χ2v) is 5.96. The highest BCUT2D eigenvalue weighted by atomic mass is 35.5. The molecule has 0 amide bonds. The molecular weight excluding hydrogens is 276 g/mol. The Morgan fingerprint density at radius 2 is 1.95 bits per heavy atom. The van der Waals surface area contributed by atoms with Gasteiger partial charge in [0.05, 0.1) is 16.3 Å². The molecule has 1 unspecified atom stereocenters. The van der Waals surface area contributed by atoms with Crippen LogP contribution in [0, 0.1) is 0 Å². The zero-order chi connectivity index (χ0) is 13.2. The quantitative estimate of drug-likeness (QED) is 0.785. The number of nitrogens with zero attached hydrogens (tertiary/aromatic N) is 1. The summed E-state index contributed by atoms with van der Waals surface area (Å²) >= 11 is 7.61. The van der Waals surface area contributed by atoms with E-state index in [0.29, 0.717) is 5.02 Å². The van der Waals surface area contributed by atoms with Crippen molar-refractivity contribution in [3.8, 4) is 0 Å². The molecule has 3 aromatic rings. The van der Waals surface area contributed by atoms with Gasteiger partial charge < -0.3 is 5.73 Å². The third kappa shape index (κ3) is 2.78. The monoisotopic (exact) mass is 288 g/mol. The van der Waals surface area contributed by atoms with E-state index in [0.717, 1.165) is 21.6 Å². The maximum Gasteiger partial charge on any atom is 0.111 e. The molecule has 0 aliphatic heterocycles. The molecule has 0 fully saturated rings. The maximum atomic E-state index is 6.24. The van der Waals surface area contributed by atoms with Crippen LogP contribution in [0.15, 0.2) is 48.5 Å². The lowest BCUT2D eigenvalue weighted by Crippen LogP contribution is -2.12. The van der Waals surface area contributed by atoms with Crippen LogP contribution in [0.2, 0.25) is 5.02 Å². The van der Waals surface area contributed by atoms with Crippen molar-refractivity contribution in [3.63, 3.8) is 0 Å². The highest BCUT2D eigenvalue weighted by Crippen LogP contribution is 2.28. The van der Waals surface area contributed by atoms with Gasteiger partial charge in [0, 0.05) is 5.02 Å². The van der Waals surface area contributed by atoms with E-state index in [1.165, 1.54) is 5.56 Å². The highest BCUT2D eigenvalue weighted by molar-refractivity contribution is 7.18. The Labute approximate surface area is 120 Å². The summed E-state index contributed by atoms with van der Waals surface area (Å²) in [5.74, 6) is 0. The van der Waals surface area contributed by atoms with Gasteiger partial charge >= 0.3 is 0 Å². The average molecular weight is 289 g/mol. The number of rotatable bonds is 3. The van der Waals surface area contributed by atoms with Crippen molar-refractivity contribution in [2.45, 2.75) is 12.5 Å². The van der Waals surface area contributed by atoms with E-state index in [9.17, 15) is 0 Å². The highest BCUT2D eigenvalue weighted by Gasteiger charge is 2.12. The van der Waals surface area contributed by atoms with Gasteiger partial charge in [-0.1, -0.05) is 41.9 Å². The molecule has 4 heteroatoms. The van der Waals surface area contributed by atoms with E-state index in [1.807, 2.05) is 36.4 Å². The molecule has 1 aromatic heterocycles. The van der Waals surface area contributed by atoms with Crippen molar-refractivity contribution in [2.75, 3.05) is 0 Å². The Balaban J connectivity index is 1.87. The molecular formula is C15H13ClN2S. The predicted molar refractivity (Wildman–Crippen MR) is 81.7 cm³/mol. The second-order valence-electron chi connectivity index (χ2n) is 4.46. The van der Waals surface area contributed by atoms with Crippen LogP contribution in [-0.2, 0) is 6.42 Å². The van der Waals surface area contributed by atoms with Gasteiger partial charge in [-0.05, 0) is 30.2 Å². The molecule has 0 spiro atoms. The number of benzene rings is 2. The molecule has 0 aliphatic carbocycles. The third-order valence-corrected chi connectivity index (χ3v) is 4.39. The molecule has 0 aliphatic rings. The van der Waals surface area contributed by atoms with Crippen LogP contribution in [0.5, 0.6) is 0 Å². The number of halogens is 1. The fraction of sp³-hybridized carbons (Fsp3) is 0.133. The molecule has 2 N–H and O–H groups in total. The zero-order valence-electron chi connectivity index (χ0n) is 10.2. The van der Waals surface area contributed by atoms with Crippen LogP contribution >= 0.6 is 22.9 Å². The van der Waals surface area contributed by atoms with Crippen LogP contribution in [0.3, 0.4) is 0 Å². The molecule has 0 saturated carbocycles. The molecule has 19 heavy (non-hydrogen) atoms. The molecule has 3 rings (SSSR count). The smallest absolute Gasteiger partial charge is 0.111 e. The summed E-state index contributed by atoms with van der Waals surface area (Å²) in [6.07, 6.45) is 0.800. The van der Waals surface area contributed by atoms with Crippen molar-refractivity contribution < 1.29 is 0 Å². The van der Waals surface area contributed by atoms with Gasteiger partial charge in [0.2, 0.25) is 0 Å². The summed E-state index contributed by atoms with van der Waals surface area (Å²) in [6, 6.07) is 15.9. The summed E-state index contributed by atoms with van der Waals surface area (Å²) in [5, 5.41) is 1.67. The summed E-state index contributed by atoms with van der Waals surface area (Å²) < 4.78 is 1.13. The van der Waals surface area contributed by atoms with Gasteiger partial charge in [0.25, 0.3) is 0 Å². The predicted octanol–water partition coefficient (Wildman–Crippen LogP) is 4.19. The Morgan fingerprint density at radius 1 is 1.16 bits per heavy atom. The van der Waals surface area contributed by atoms with Crippen LogP contribution in [-0.4, -0.2) is 4.98 Å². The van der Waals surface area contributed by atoms with Crippen molar-refractivity contribution in [3.05, 3.63) is 64.1 Å². The molecule has 2 nitrogen and oxygen atoms in total. The van der Waals surface area contributed by atoms with Gasteiger partial charge in [-0.15, -0.1) is 11.3 Å². The van der Waals surface area contributed by atoms with E-state index in [-0.39, 0.29) is 6.04 Å². The van der Waals surface area contributed by atoms with Gasteiger partial charge in [0.1, 0.15) is 5.01 Å². The fourth-order valence-electron chi connectivity index (χ4n) is 2.03. The summed E-state index contributed by atoms with van der Waals surface area (Å²) in [5.41, 5.74) is 8.40. The lowest BCUT2D eigenvalue weighted by Gasteiger charge is -2.07. The first-order valence-corrected chi connectivity index (χ1v) is 7.27. The molecule has 2 aromatic carbocycles. The van der Waals surface area contributed by atoms with Crippen molar-refractivity contribution in [1.82, 2.24) is 4.98 Å². The molecule has 0 bridgehead atoms. The summed E-state index contributed by atoms with van der Waals surface area (Å²) in [6.45, 7) is 0. The van der Waals surface area contributed by atoms with E-state index < -0.39 is 0 Å². The number of fused-ring (bicyclic) bond motifs is 1. The number of thiazole rings is 1. The number of nitrogens with two attached hydrogens (primary N) is 1. The molecule has 1 heterocycles. The van der Waals surface area contributed by atoms with E-state index in [1.54, 1.807) is 11.3 Å². The van der Waals surface area contributed by atoms with Crippen LogP contribution in [0.1, 0.15) is 16.6 Å². The standard InChI is InChI=1S/C15H13ClN2S/c16-11-6-7-14-13(9-11)18-15(19-14)12(17)8-10-4-2-1-3-5-10/h1-7,9,12H,8,17H2. The van der Waals surface area contributed by atoms with Crippen LogP contribution in [0.4, 0.5) is 0 Å². The van der Waals surface area contributed by atoms with Crippen LogP contribution < -0.4 is 5.73 Å². The zero-order valence-corrected chi connectivity index (χ0v) is 11.8. The Bertz CT molecular complexity index is 694. The van der Waals surface area contributed by atoms with E-state index in [2.05, 4.69) is 17.1 Å². The molecule has 0 saturated heterocycles. The second kappa shape index (κ2) is 5.29. The Morgan fingerprint density at radius 3 is 2.74 bits per heavy atom. The first kappa shape index (κ1) is 12.6. The van der Waals surface area contributed by atoms with Gasteiger partial charge in [-0.3, -0.25) is 0 Å². The van der Waals surface area contributed by atoms with Gasteiger partial charge in [-0.2, -0.15) is 0 Å². The summed E-state index contributed by atoms with van der Waals surface area (Å²) in [4.78, 5) is 4.58. The third-order valence-electron chi connectivity index (χ3n) is 2.98. The molecule has 0 radical (unpaired) electrons. The number of hydrogen-bond acceptors (Lipinski definition) is 3. The number of aromatic nitrogens is 1. The normalized spacial score (nSPS) is 12.7. The minimum absolute atomic E-state index is 0.0708.